The van der Waals surface area contributed by atoms with Crippen molar-refractivity contribution in [2.24, 2.45) is 0 Å². The van der Waals surface area contributed by atoms with Crippen LogP contribution >= 0.6 is 0 Å². The van der Waals surface area contributed by atoms with Gasteiger partial charge in [0.25, 0.3) is 0 Å². The molecule has 2 aromatic rings. The number of hydrogen-bond donors (Lipinski definition) is 1. The van der Waals surface area contributed by atoms with Crippen LogP contribution in [0, 0.1) is 13.8 Å². The Bertz CT molecular complexity index is 590. The Kier molecular flexibility index (Phi) is 3.99. The highest BCUT2D eigenvalue weighted by atomic mass is 16.5. The van der Waals surface area contributed by atoms with Crippen LogP contribution in [0.15, 0.2) is 10.7 Å². The van der Waals surface area contributed by atoms with Crippen molar-refractivity contribution in [3.05, 3.63) is 23.1 Å². The molecule has 5 nitrogen and oxygen atoms in total. The molecular weight excluding hydrogens is 252 g/mol. The van der Waals surface area contributed by atoms with E-state index in [0.717, 1.165) is 41.4 Å². The SMILES string of the molecule is CCn1nc(C)c(-c2oncc2CNC(C)(C)C)c1C. The molecule has 2 rings (SSSR count). The van der Waals surface area contributed by atoms with Gasteiger partial charge in [-0.15, -0.1) is 0 Å². The van der Waals surface area contributed by atoms with Gasteiger partial charge in [-0.3, -0.25) is 4.68 Å². The third-order valence-electron chi connectivity index (χ3n) is 3.36. The average molecular weight is 276 g/mol. The molecule has 0 aliphatic heterocycles. The molecule has 0 unspecified atom stereocenters. The van der Waals surface area contributed by atoms with Crippen LogP contribution in [0.1, 0.15) is 44.6 Å². The third kappa shape index (κ3) is 2.93. The fraction of sp³-hybridized carbons (Fsp3) is 0.600. The molecule has 0 aliphatic carbocycles. The van der Waals surface area contributed by atoms with Crippen molar-refractivity contribution >= 4 is 0 Å². The molecule has 20 heavy (non-hydrogen) atoms. The van der Waals surface area contributed by atoms with Crippen molar-refractivity contribution < 1.29 is 4.52 Å². The standard InChI is InChI=1S/C15H24N4O/c1-7-19-11(3)13(10(2)18-19)14-12(9-17-20-14)8-16-15(4,5)6/h9,16H,7-8H2,1-6H3. The van der Waals surface area contributed by atoms with Crippen molar-refractivity contribution in [2.45, 2.75) is 60.2 Å². The summed E-state index contributed by atoms with van der Waals surface area (Å²) in [6.45, 7) is 14.2. The first-order valence-electron chi connectivity index (χ1n) is 7.06. The molecule has 0 atom stereocenters. The van der Waals surface area contributed by atoms with Crippen LogP contribution in [-0.4, -0.2) is 20.5 Å². The molecule has 0 saturated carbocycles. The quantitative estimate of drug-likeness (QED) is 0.932. The summed E-state index contributed by atoms with van der Waals surface area (Å²) in [7, 11) is 0. The van der Waals surface area contributed by atoms with Crippen LogP contribution in [0.25, 0.3) is 11.3 Å². The molecule has 0 aromatic carbocycles. The molecule has 0 fully saturated rings. The van der Waals surface area contributed by atoms with Gasteiger partial charge in [-0.1, -0.05) is 5.16 Å². The Morgan fingerprint density at radius 1 is 1.30 bits per heavy atom. The Balaban J connectivity index is 2.35. The van der Waals surface area contributed by atoms with Gasteiger partial charge >= 0.3 is 0 Å². The lowest BCUT2D eigenvalue weighted by Gasteiger charge is -2.20. The highest BCUT2D eigenvalue weighted by molar-refractivity contribution is 5.66. The van der Waals surface area contributed by atoms with E-state index in [-0.39, 0.29) is 5.54 Å². The van der Waals surface area contributed by atoms with Crippen LogP contribution in [0.5, 0.6) is 0 Å². The number of nitrogens with one attached hydrogen (secondary N) is 1. The smallest absolute Gasteiger partial charge is 0.175 e. The number of aryl methyl sites for hydroxylation is 2. The molecule has 0 radical (unpaired) electrons. The first-order chi connectivity index (χ1) is 9.33. The molecule has 0 spiro atoms. The molecule has 0 aliphatic rings. The van der Waals surface area contributed by atoms with Crippen molar-refractivity contribution in [2.75, 3.05) is 0 Å². The van der Waals surface area contributed by atoms with Crippen LogP contribution in [-0.2, 0) is 13.1 Å². The maximum Gasteiger partial charge on any atom is 0.175 e. The molecule has 2 aromatic heterocycles. The van der Waals surface area contributed by atoms with E-state index in [2.05, 4.69) is 50.2 Å². The summed E-state index contributed by atoms with van der Waals surface area (Å²) in [5.74, 6) is 0.830. The first kappa shape index (κ1) is 14.8. The van der Waals surface area contributed by atoms with Crippen LogP contribution in [0.3, 0.4) is 0 Å². The van der Waals surface area contributed by atoms with E-state index < -0.39 is 0 Å². The van der Waals surface area contributed by atoms with Gasteiger partial charge in [-0.25, -0.2) is 0 Å². The lowest BCUT2D eigenvalue weighted by Crippen LogP contribution is -2.35. The van der Waals surface area contributed by atoms with E-state index in [4.69, 9.17) is 4.52 Å². The number of aromatic nitrogens is 3. The van der Waals surface area contributed by atoms with Gasteiger partial charge in [0.1, 0.15) is 0 Å². The highest BCUT2D eigenvalue weighted by Gasteiger charge is 2.20. The molecule has 0 bridgehead atoms. The lowest BCUT2D eigenvalue weighted by atomic mass is 10.1. The summed E-state index contributed by atoms with van der Waals surface area (Å²) in [5.41, 5.74) is 4.31. The fourth-order valence-corrected chi connectivity index (χ4v) is 2.29. The van der Waals surface area contributed by atoms with E-state index in [1.165, 1.54) is 0 Å². The zero-order valence-corrected chi connectivity index (χ0v) is 13.2. The van der Waals surface area contributed by atoms with Crippen molar-refractivity contribution in [1.29, 1.82) is 0 Å². The second-order valence-corrected chi connectivity index (χ2v) is 6.15. The van der Waals surface area contributed by atoms with Gasteiger partial charge in [0.15, 0.2) is 5.76 Å². The van der Waals surface area contributed by atoms with E-state index >= 15 is 0 Å². The van der Waals surface area contributed by atoms with Gasteiger partial charge in [0.2, 0.25) is 0 Å². The minimum atomic E-state index is 0.0617. The highest BCUT2D eigenvalue weighted by Crippen LogP contribution is 2.30. The van der Waals surface area contributed by atoms with Gasteiger partial charge in [-0.05, 0) is 41.5 Å². The Labute approximate surface area is 120 Å². The van der Waals surface area contributed by atoms with Gasteiger partial charge in [0, 0.05) is 29.9 Å². The summed E-state index contributed by atoms with van der Waals surface area (Å²) < 4.78 is 7.49. The minimum Gasteiger partial charge on any atom is -0.356 e. The fourth-order valence-electron chi connectivity index (χ4n) is 2.29. The largest absolute Gasteiger partial charge is 0.356 e. The molecule has 110 valence electrons. The average Bonchev–Trinajstić information content (AvgIpc) is 2.90. The Hall–Kier alpha value is -1.62. The topological polar surface area (TPSA) is 55.9 Å². The second-order valence-electron chi connectivity index (χ2n) is 6.15. The van der Waals surface area contributed by atoms with E-state index in [9.17, 15) is 0 Å². The van der Waals surface area contributed by atoms with Crippen molar-refractivity contribution in [1.82, 2.24) is 20.3 Å². The van der Waals surface area contributed by atoms with Crippen LogP contribution in [0.2, 0.25) is 0 Å². The third-order valence-corrected chi connectivity index (χ3v) is 3.36. The molecule has 0 saturated heterocycles. The molecule has 5 heteroatoms. The van der Waals surface area contributed by atoms with Crippen LogP contribution < -0.4 is 5.32 Å². The van der Waals surface area contributed by atoms with E-state index in [0.29, 0.717) is 0 Å². The van der Waals surface area contributed by atoms with Gasteiger partial charge < -0.3 is 9.84 Å². The zero-order chi connectivity index (χ0) is 14.9. The Morgan fingerprint density at radius 2 is 2.00 bits per heavy atom. The summed E-state index contributed by atoms with van der Waals surface area (Å²) in [6.07, 6.45) is 1.79. The molecule has 2 heterocycles. The van der Waals surface area contributed by atoms with Crippen molar-refractivity contribution in [3.8, 4) is 11.3 Å². The van der Waals surface area contributed by atoms with Gasteiger partial charge in [0.05, 0.1) is 17.5 Å². The van der Waals surface area contributed by atoms with E-state index in [1.807, 2.05) is 11.6 Å². The van der Waals surface area contributed by atoms with Gasteiger partial charge in [-0.2, -0.15) is 5.10 Å². The zero-order valence-electron chi connectivity index (χ0n) is 13.2. The second kappa shape index (κ2) is 5.40. The number of nitrogens with zero attached hydrogens (tertiary/aromatic N) is 3. The van der Waals surface area contributed by atoms with Crippen LogP contribution in [0.4, 0.5) is 0 Å². The molecular formula is C15H24N4O. The molecule has 1 N–H and O–H groups in total. The normalized spacial score (nSPS) is 12.1. The minimum absolute atomic E-state index is 0.0617. The first-order valence-corrected chi connectivity index (χ1v) is 7.06. The number of hydrogen-bond acceptors (Lipinski definition) is 4. The number of rotatable bonds is 4. The molecule has 0 amide bonds. The monoisotopic (exact) mass is 276 g/mol. The van der Waals surface area contributed by atoms with E-state index in [1.54, 1.807) is 6.20 Å². The summed E-state index contributed by atoms with van der Waals surface area (Å²) in [5, 5.41) is 12.0. The predicted octanol–water partition coefficient (Wildman–Crippen LogP) is 3.06. The maximum absolute atomic E-state index is 5.49. The summed E-state index contributed by atoms with van der Waals surface area (Å²) in [6, 6.07) is 0. The predicted molar refractivity (Wildman–Crippen MR) is 79.5 cm³/mol. The lowest BCUT2D eigenvalue weighted by molar-refractivity contribution is 0.418. The summed E-state index contributed by atoms with van der Waals surface area (Å²) in [4.78, 5) is 0. The van der Waals surface area contributed by atoms with Crippen molar-refractivity contribution in [3.63, 3.8) is 0 Å². The summed E-state index contributed by atoms with van der Waals surface area (Å²) >= 11 is 0. The maximum atomic E-state index is 5.49. The Morgan fingerprint density at radius 3 is 2.55 bits per heavy atom.